The molecule has 0 aliphatic carbocycles. The summed E-state index contributed by atoms with van der Waals surface area (Å²) in [5, 5.41) is 7.05. The van der Waals surface area contributed by atoms with Crippen LogP contribution in [0.4, 0.5) is 0 Å². The fourth-order valence-corrected chi connectivity index (χ4v) is 0.577. The number of hydrogen-bond donors (Lipinski definition) is 1. The van der Waals surface area contributed by atoms with Crippen LogP contribution in [0.2, 0.25) is 0 Å². The zero-order valence-corrected chi connectivity index (χ0v) is 4.35. The van der Waals surface area contributed by atoms with Crippen molar-refractivity contribution < 1.29 is 4.74 Å². The first-order valence-electron chi connectivity index (χ1n) is 2.33. The lowest BCUT2D eigenvalue weighted by Crippen LogP contribution is -2.19. The molecule has 0 amide bonds. The van der Waals surface area contributed by atoms with E-state index >= 15 is 0 Å². The molecule has 1 rings (SSSR count). The van der Waals surface area contributed by atoms with Crippen LogP contribution >= 0.6 is 0 Å². The van der Waals surface area contributed by atoms with Crippen LogP contribution in [-0.4, -0.2) is 26.6 Å². The summed E-state index contributed by atoms with van der Waals surface area (Å²) in [6, 6.07) is 0. The molecule has 1 radical (unpaired) electrons. The Hall–Kier alpha value is -0.120. The Morgan fingerprint density at radius 2 is 2.71 bits per heavy atom. The summed E-state index contributed by atoms with van der Waals surface area (Å²) in [6.45, 7) is 1.62. The van der Waals surface area contributed by atoms with Gasteiger partial charge in [-0.15, -0.1) is 0 Å². The van der Waals surface area contributed by atoms with Gasteiger partial charge in [0.25, 0.3) is 0 Å². The van der Waals surface area contributed by atoms with Crippen LogP contribution in [-0.2, 0) is 4.74 Å². The normalized spacial score (nSPS) is 31.3. The summed E-state index contributed by atoms with van der Waals surface area (Å²) < 4.78 is 4.88. The van der Waals surface area contributed by atoms with Crippen molar-refractivity contribution in [1.29, 1.82) is 0 Å². The highest BCUT2D eigenvalue weighted by Gasteiger charge is 2.11. The molecule has 1 unspecified atom stereocenters. The molecule has 1 N–H and O–H groups in total. The van der Waals surface area contributed by atoms with Crippen molar-refractivity contribution >= 4 is 0 Å². The van der Waals surface area contributed by atoms with Crippen LogP contribution < -0.4 is 10.6 Å². The first kappa shape index (κ1) is 5.03. The van der Waals surface area contributed by atoms with E-state index in [1.807, 2.05) is 0 Å². The van der Waals surface area contributed by atoms with Gasteiger partial charge in [0.1, 0.15) is 6.23 Å². The maximum absolute atomic E-state index is 4.88. The Morgan fingerprint density at radius 3 is 3.00 bits per heavy atom. The lowest BCUT2D eigenvalue weighted by Gasteiger charge is -2.00. The van der Waals surface area contributed by atoms with Crippen molar-refractivity contribution in [3.8, 4) is 0 Å². The molecule has 41 valence electrons. The van der Waals surface area contributed by atoms with Gasteiger partial charge < -0.3 is 4.74 Å². The molecule has 0 aromatic heterocycles. The van der Waals surface area contributed by atoms with E-state index in [-0.39, 0.29) is 6.23 Å². The van der Waals surface area contributed by atoms with E-state index in [2.05, 4.69) is 10.6 Å². The fourth-order valence-electron chi connectivity index (χ4n) is 0.577. The molecule has 0 spiro atoms. The van der Waals surface area contributed by atoms with Gasteiger partial charge in [-0.1, -0.05) is 0 Å². The van der Waals surface area contributed by atoms with E-state index in [1.54, 1.807) is 7.11 Å². The summed E-state index contributed by atoms with van der Waals surface area (Å²) in [6.07, 6.45) is 0.111. The molecule has 0 aromatic rings. The van der Waals surface area contributed by atoms with Gasteiger partial charge >= 0.3 is 0 Å². The highest BCUT2D eigenvalue weighted by atomic mass is 16.5. The van der Waals surface area contributed by atoms with Crippen LogP contribution in [0.3, 0.4) is 0 Å². The van der Waals surface area contributed by atoms with Gasteiger partial charge in [-0.2, -0.15) is 5.32 Å². The Bertz CT molecular complexity index is 51.7. The fraction of sp³-hybridized carbons (Fsp3) is 1.00. The third-order valence-corrected chi connectivity index (χ3v) is 0.998. The average Bonchev–Trinajstić information content (AvgIpc) is 2.14. The van der Waals surface area contributed by atoms with E-state index in [0.717, 1.165) is 13.2 Å². The molecule has 1 saturated heterocycles. The minimum Gasteiger partial charge on any atom is -0.364 e. The first-order chi connectivity index (χ1) is 3.43. The van der Waals surface area contributed by atoms with Gasteiger partial charge in [0.15, 0.2) is 0 Å². The average molecular weight is 101 g/mol. The third kappa shape index (κ3) is 1.12. The SMILES string of the molecule is COC1CNC[N]1. The Labute approximate surface area is 43.0 Å². The smallest absolute Gasteiger partial charge is 0.136 e. The van der Waals surface area contributed by atoms with Gasteiger partial charge in [-0.3, -0.25) is 5.32 Å². The molecule has 3 heteroatoms. The maximum Gasteiger partial charge on any atom is 0.136 e. The highest BCUT2D eigenvalue weighted by Crippen LogP contribution is 1.87. The second kappa shape index (κ2) is 2.26. The molecule has 1 aliphatic heterocycles. The quantitative estimate of drug-likeness (QED) is 0.465. The minimum atomic E-state index is 0.111. The lowest BCUT2D eigenvalue weighted by atomic mass is 10.6. The molecule has 1 fully saturated rings. The van der Waals surface area contributed by atoms with Crippen molar-refractivity contribution in [1.82, 2.24) is 10.6 Å². The second-order valence-electron chi connectivity index (χ2n) is 1.49. The molecule has 0 aromatic carbocycles. The van der Waals surface area contributed by atoms with Crippen molar-refractivity contribution in [3.63, 3.8) is 0 Å². The van der Waals surface area contributed by atoms with Crippen LogP contribution in [0.5, 0.6) is 0 Å². The van der Waals surface area contributed by atoms with Crippen LogP contribution in [0.15, 0.2) is 0 Å². The highest BCUT2D eigenvalue weighted by molar-refractivity contribution is 4.63. The van der Waals surface area contributed by atoms with Crippen LogP contribution in [0.1, 0.15) is 0 Å². The van der Waals surface area contributed by atoms with Crippen molar-refractivity contribution in [2.24, 2.45) is 0 Å². The number of nitrogens with zero attached hydrogens (tertiary/aromatic N) is 1. The molecule has 1 aliphatic rings. The van der Waals surface area contributed by atoms with Gasteiger partial charge in [-0.05, 0) is 0 Å². The predicted molar refractivity (Wildman–Crippen MR) is 25.8 cm³/mol. The van der Waals surface area contributed by atoms with Crippen LogP contribution in [0.25, 0.3) is 0 Å². The monoisotopic (exact) mass is 101 g/mol. The summed E-state index contributed by atoms with van der Waals surface area (Å²) >= 11 is 0. The van der Waals surface area contributed by atoms with E-state index < -0.39 is 0 Å². The van der Waals surface area contributed by atoms with Gasteiger partial charge in [0.2, 0.25) is 0 Å². The molecular weight excluding hydrogens is 92.1 g/mol. The van der Waals surface area contributed by atoms with E-state index in [1.165, 1.54) is 0 Å². The van der Waals surface area contributed by atoms with E-state index in [9.17, 15) is 0 Å². The molecule has 3 nitrogen and oxygen atoms in total. The number of nitrogens with one attached hydrogen (secondary N) is 1. The zero-order chi connectivity index (χ0) is 5.11. The summed E-state index contributed by atoms with van der Waals surface area (Å²) in [5.41, 5.74) is 0. The topological polar surface area (TPSA) is 35.4 Å². The number of hydrogen-bond acceptors (Lipinski definition) is 2. The van der Waals surface area contributed by atoms with Gasteiger partial charge in [-0.25, -0.2) is 0 Å². The summed E-state index contributed by atoms with van der Waals surface area (Å²) in [4.78, 5) is 0. The standard InChI is InChI=1S/C4H9N2O/c1-7-4-2-5-3-6-4/h4-5H,2-3H2,1H3. The number of ether oxygens (including phenoxy) is 1. The third-order valence-electron chi connectivity index (χ3n) is 0.998. The lowest BCUT2D eigenvalue weighted by molar-refractivity contribution is 0.0981. The van der Waals surface area contributed by atoms with Gasteiger partial charge in [0.05, 0.1) is 6.67 Å². The summed E-state index contributed by atoms with van der Waals surface area (Å²) in [5.74, 6) is 0. The predicted octanol–water partition coefficient (Wildman–Crippen LogP) is -0.876. The first-order valence-corrected chi connectivity index (χ1v) is 2.33. The number of rotatable bonds is 1. The van der Waals surface area contributed by atoms with Crippen molar-refractivity contribution in [3.05, 3.63) is 0 Å². The van der Waals surface area contributed by atoms with E-state index in [4.69, 9.17) is 4.74 Å². The Kier molecular flexibility index (Phi) is 1.62. The Morgan fingerprint density at radius 1 is 1.86 bits per heavy atom. The summed E-state index contributed by atoms with van der Waals surface area (Å²) in [7, 11) is 1.67. The van der Waals surface area contributed by atoms with E-state index in [0.29, 0.717) is 0 Å². The molecular formula is C4H9N2O. The zero-order valence-electron chi connectivity index (χ0n) is 4.35. The van der Waals surface area contributed by atoms with Crippen LogP contribution in [0, 0.1) is 0 Å². The second-order valence-corrected chi connectivity index (χ2v) is 1.49. The number of methoxy groups -OCH3 is 1. The van der Waals surface area contributed by atoms with Crippen molar-refractivity contribution in [2.45, 2.75) is 6.23 Å². The molecule has 0 bridgehead atoms. The molecule has 1 atom stereocenters. The minimum absolute atomic E-state index is 0.111. The maximum atomic E-state index is 4.88. The largest absolute Gasteiger partial charge is 0.364 e. The molecule has 7 heavy (non-hydrogen) atoms. The van der Waals surface area contributed by atoms with Gasteiger partial charge in [0, 0.05) is 13.7 Å². The molecule has 0 saturated carbocycles. The van der Waals surface area contributed by atoms with Crippen molar-refractivity contribution in [2.75, 3.05) is 20.3 Å². The Balaban J connectivity index is 2.14. The molecule has 1 heterocycles.